The minimum atomic E-state index is -0.343. The summed E-state index contributed by atoms with van der Waals surface area (Å²) in [6.45, 7) is 0.413. The lowest BCUT2D eigenvalue weighted by molar-refractivity contribution is 0.0938. The SMILES string of the molecule is CN(C)C(CNC(=O)c1ccc(NC(=O)c2ccco2)cc1)c1ccco1. The zero-order chi connectivity index (χ0) is 19.2. The van der Waals surface area contributed by atoms with Gasteiger partial charge in [-0.15, -0.1) is 0 Å². The largest absolute Gasteiger partial charge is 0.468 e. The number of furan rings is 2. The van der Waals surface area contributed by atoms with Crippen LogP contribution in [0, 0.1) is 0 Å². The molecule has 7 heteroatoms. The highest BCUT2D eigenvalue weighted by Gasteiger charge is 2.18. The Morgan fingerprint density at radius 2 is 1.67 bits per heavy atom. The fourth-order valence-electron chi connectivity index (χ4n) is 2.62. The number of hydrogen-bond donors (Lipinski definition) is 2. The summed E-state index contributed by atoms with van der Waals surface area (Å²) < 4.78 is 10.5. The maximum absolute atomic E-state index is 12.4. The molecule has 0 aliphatic rings. The molecule has 0 aliphatic heterocycles. The van der Waals surface area contributed by atoms with Crippen LogP contribution in [0.5, 0.6) is 0 Å². The summed E-state index contributed by atoms with van der Waals surface area (Å²) in [5.74, 6) is 0.475. The highest BCUT2D eigenvalue weighted by molar-refractivity contribution is 6.02. The third-order valence-corrected chi connectivity index (χ3v) is 4.10. The molecule has 0 fully saturated rings. The Labute approximate surface area is 157 Å². The standard InChI is InChI=1S/C20H21N3O4/c1-23(2)16(17-5-3-11-26-17)13-21-19(24)14-7-9-15(10-8-14)22-20(25)18-6-4-12-27-18/h3-12,16H,13H2,1-2H3,(H,21,24)(H,22,25). The van der Waals surface area contributed by atoms with Crippen molar-refractivity contribution in [3.63, 3.8) is 0 Å². The summed E-state index contributed by atoms with van der Waals surface area (Å²) in [6.07, 6.45) is 3.05. The fraction of sp³-hybridized carbons (Fsp3) is 0.200. The molecule has 0 saturated heterocycles. The lowest BCUT2D eigenvalue weighted by atomic mass is 10.1. The van der Waals surface area contributed by atoms with Gasteiger partial charge in [0.25, 0.3) is 11.8 Å². The quantitative estimate of drug-likeness (QED) is 0.670. The van der Waals surface area contributed by atoms with Gasteiger partial charge in [-0.3, -0.25) is 14.5 Å². The average molecular weight is 367 g/mol. The minimum absolute atomic E-state index is 0.0594. The first-order valence-corrected chi connectivity index (χ1v) is 8.47. The molecule has 2 aromatic heterocycles. The van der Waals surface area contributed by atoms with E-state index in [0.717, 1.165) is 5.76 Å². The van der Waals surface area contributed by atoms with Gasteiger partial charge >= 0.3 is 0 Å². The smallest absolute Gasteiger partial charge is 0.291 e. The summed E-state index contributed by atoms with van der Waals surface area (Å²) in [5, 5.41) is 5.62. The maximum atomic E-state index is 12.4. The van der Waals surface area contributed by atoms with E-state index in [0.29, 0.717) is 17.8 Å². The van der Waals surface area contributed by atoms with Crippen molar-refractivity contribution >= 4 is 17.5 Å². The molecular weight excluding hydrogens is 346 g/mol. The van der Waals surface area contributed by atoms with Gasteiger partial charge in [0.05, 0.1) is 18.6 Å². The van der Waals surface area contributed by atoms with Gasteiger partial charge < -0.3 is 19.5 Å². The van der Waals surface area contributed by atoms with Gasteiger partial charge in [-0.25, -0.2) is 0 Å². The predicted octanol–water partition coefficient (Wildman–Crippen LogP) is 3.16. The van der Waals surface area contributed by atoms with Crippen molar-refractivity contribution in [2.24, 2.45) is 0 Å². The zero-order valence-electron chi connectivity index (χ0n) is 15.1. The van der Waals surface area contributed by atoms with Crippen LogP contribution in [0.1, 0.15) is 32.7 Å². The topological polar surface area (TPSA) is 87.7 Å². The van der Waals surface area contributed by atoms with E-state index >= 15 is 0 Å². The van der Waals surface area contributed by atoms with E-state index in [-0.39, 0.29) is 23.6 Å². The first-order chi connectivity index (χ1) is 13.0. The zero-order valence-corrected chi connectivity index (χ0v) is 15.1. The van der Waals surface area contributed by atoms with E-state index in [2.05, 4.69) is 10.6 Å². The highest BCUT2D eigenvalue weighted by Crippen LogP contribution is 2.18. The molecule has 2 amide bonds. The van der Waals surface area contributed by atoms with Crippen molar-refractivity contribution in [1.29, 1.82) is 0 Å². The summed E-state index contributed by atoms with van der Waals surface area (Å²) >= 11 is 0. The molecule has 0 aliphatic carbocycles. The molecule has 0 bridgehead atoms. The van der Waals surface area contributed by atoms with E-state index < -0.39 is 0 Å². The average Bonchev–Trinajstić information content (AvgIpc) is 3.36. The van der Waals surface area contributed by atoms with Crippen molar-refractivity contribution in [3.05, 3.63) is 78.1 Å². The van der Waals surface area contributed by atoms with E-state index in [1.807, 2.05) is 31.1 Å². The van der Waals surface area contributed by atoms with Gasteiger partial charge in [0.15, 0.2) is 5.76 Å². The summed E-state index contributed by atoms with van der Waals surface area (Å²) in [6, 6.07) is 13.5. The van der Waals surface area contributed by atoms with Crippen molar-refractivity contribution < 1.29 is 18.4 Å². The number of amides is 2. The second kappa shape index (κ2) is 8.37. The maximum Gasteiger partial charge on any atom is 0.291 e. The Bertz CT molecular complexity index is 869. The molecule has 2 N–H and O–H groups in total. The number of likely N-dealkylation sites (N-methyl/N-ethyl adjacent to an activating group) is 1. The molecule has 27 heavy (non-hydrogen) atoms. The van der Waals surface area contributed by atoms with Crippen LogP contribution < -0.4 is 10.6 Å². The molecule has 3 aromatic rings. The minimum Gasteiger partial charge on any atom is -0.468 e. The molecule has 1 atom stereocenters. The first-order valence-electron chi connectivity index (χ1n) is 8.47. The van der Waals surface area contributed by atoms with Gasteiger partial charge in [0.2, 0.25) is 0 Å². The molecule has 0 spiro atoms. The van der Waals surface area contributed by atoms with Crippen molar-refractivity contribution in [1.82, 2.24) is 10.2 Å². The molecule has 3 rings (SSSR count). The van der Waals surface area contributed by atoms with Gasteiger partial charge in [0.1, 0.15) is 5.76 Å². The number of hydrogen-bond acceptors (Lipinski definition) is 5. The van der Waals surface area contributed by atoms with E-state index in [1.54, 1.807) is 42.7 Å². The molecule has 140 valence electrons. The van der Waals surface area contributed by atoms with Crippen molar-refractivity contribution in [2.75, 3.05) is 26.0 Å². The highest BCUT2D eigenvalue weighted by atomic mass is 16.3. The third kappa shape index (κ3) is 4.65. The molecule has 0 radical (unpaired) electrons. The number of carbonyl (C=O) groups excluding carboxylic acids is 2. The van der Waals surface area contributed by atoms with E-state index in [4.69, 9.17) is 8.83 Å². The summed E-state index contributed by atoms with van der Waals surface area (Å²) in [4.78, 5) is 26.3. The van der Waals surface area contributed by atoms with Crippen LogP contribution in [0.3, 0.4) is 0 Å². The molecular formula is C20H21N3O4. The molecule has 2 heterocycles. The summed E-state index contributed by atoms with van der Waals surface area (Å²) in [7, 11) is 3.85. The van der Waals surface area contributed by atoms with Crippen LogP contribution in [0.4, 0.5) is 5.69 Å². The molecule has 7 nitrogen and oxygen atoms in total. The Balaban J connectivity index is 1.58. The van der Waals surface area contributed by atoms with E-state index in [1.165, 1.54) is 6.26 Å². The lowest BCUT2D eigenvalue weighted by Gasteiger charge is -2.22. The molecule has 1 unspecified atom stereocenters. The van der Waals surface area contributed by atoms with Gasteiger partial charge in [-0.2, -0.15) is 0 Å². The fourth-order valence-corrected chi connectivity index (χ4v) is 2.62. The number of rotatable bonds is 7. The Hall–Kier alpha value is -3.32. The second-order valence-corrected chi connectivity index (χ2v) is 6.21. The van der Waals surface area contributed by atoms with Crippen LogP contribution in [-0.4, -0.2) is 37.4 Å². The Morgan fingerprint density at radius 3 is 2.26 bits per heavy atom. The number of benzene rings is 1. The van der Waals surface area contributed by atoms with Crippen LogP contribution in [0.25, 0.3) is 0 Å². The van der Waals surface area contributed by atoms with Gasteiger partial charge in [-0.05, 0) is 62.6 Å². The van der Waals surface area contributed by atoms with E-state index in [9.17, 15) is 9.59 Å². The predicted molar refractivity (Wildman–Crippen MR) is 101 cm³/mol. The first kappa shape index (κ1) is 18.5. The lowest BCUT2D eigenvalue weighted by Crippen LogP contribution is -2.34. The number of carbonyl (C=O) groups is 2. The second-order valence-electron chi connectivity index (χ2n) is 6.21. The van der Waals surface area contributed by atoms with Gasteiger partial charge in [-0.1, -0.05) is 0 Å². The number of nitrogens with zero attached hydrogens (tertiary/aromatic N) is 1. The van der Waals surface area contributed by atoms with Crippen LogP contribution in [0.15, 0.2) is 69.9 Å². The number of nitrogens with one attached hydrogen (secondary N) is 2. The van der Waals surface area contributed by atoms with Gasteiger partial charge in [0, 0.05) is 17.8 Å². The van der Waals surface area contributed by atoms with Crippen LogP contribution >= 0.6 is 0 Å². The van der Waals surface area contributed by atoms with Crippen molar-refractivity contribution in [3.8, 4) is 0 Å². The molecule has 1 aromatic carbocycles. The van der Waals surface area contributed by atoms with Crippen LogP contribution in [-0.2, 0) is 0 Å². The normalized spacial score (nSPS) is 12.0. The van der Waals surface area contributed by atoms with Crippen molar-refractivity contribution in [2.45, 2.75) is 6.04 Å². The third-order valence-electron chi connectivity index (χ3n) is 4.10. The monoisotopic (exact) mass is 367 g/mol. The number of anilines is 1. The molecule has 0 saturated carbocycles. The van der Waals surface area contributed by atoms with Crippen LogP contribution in [0.2, 0.25) is 0 Å². The Kier molecular flexibility index (Phi) is 5.73. The Morgan fingerprint density at radius 1 is 0.963 bits per heavy atom. The summed E-state index contributed by atoms with van der Waals surface area (Å²) in [5.41, 5.74) is 1.08.